The maximum Gasteiger partial charge on any atom is 0.305 e. The Hall–Kier alpha value is -1.92. The van der Waals surface area contributed by atoms with Crippen molar-refractivity contribution < 1.29 is 24.5 Å². The molecule has 6 heteroatoms. The van der Waals surface area contributed by atoms with Gasteiger partial charge in [0.05, 0.1) is 25.4 Å². The van der Waals surface area contributed by atoms with E-state index >= 15 is 0 Å². The third-order valence-corrected chi connectivity index (χ3v) is 18.7. The number of hydrogen-bond donors (Lipinski definition) is 3. The van der Waals surface area contributed by atoms with Gasteiger partial charge in [-0.15, -0.1) is 0 Å². The van der Waals surface area contributed by atoms with Gasteiger partial charge in [0, 0.05) is 12.8 Å². The van der Waals surface area contributed by atoms with Crippen LogP contribution in [0.25, 0.3) is 0 Å². The van der Waals surface area contributed by atoms with Crippen molar-refractivity contribution in [2.24, 2.45) is 0 Å². The Labute approximate surface area is 544 Å². The highest BCUT2D eigenvalue weighted by atomic mass is 16.5. The number of carbonyl (C=O) groups is 2. The van der Waals surface area contributed by atoms with E-state index in [9.17, 15) is 19.8 Å². The molecule has 0 aromatic rings. The second-order valence-corrected chi connectivity index (χ2v) is 27.4. The predicted molar refractivity (Wildman–Crippen MR) is 384 cm³/mol. The van der Waals surface area contributed by atoms with E-state index in [1.54, 1.807) is 0 Å². The molecule has 0 aliphatic heterocycles. The second-order valence-electron chi connectivity index (χ2n) is 27.4. The smallest absolute Gasteiger partial charge is 0.305 e. The number of unbranched alkanes of at least 4 members (excludes halogenated alkanes) is 58. The average Bonchev–Trinajstić information content (AvgIpc) is 3.53. The highest BCUT2D eigenvalue weighted by Gasteiger charge is 2.20. The summed E-state index contributed by atoms with van der Waals surface area (Å²) in [5.74, 6) is -0.0141. The van der Waals surface area contributed by atoms with E-state index in [4.69, 9.17) is 4.74 Å². The minimum absolute atomic E-state index is 0.0146. The molecule has 6 nitrogen and oxygen atoms in total. The minimum atomic E-state index is -0.663. The van der Waals surface area contributed by atoms with Crippen molar-refractivity contribution in [3.8, 4) is 0 Å². The van der Waals surface area contributed by atoms with Crippen LogP contribution in [-0.2, 0) is 14.3 Å². The first-order valence-electron chi connectivity index (χ1n) is 39.7. The number of aliphatic hydroxyl groups is 2. The number of aliphatic hydroxyl groups excluding tert-OH is 2. The quantitative estimate of drug-likeness (QED) is 0.0320. The summed E-state index contributed by atoms with van der Waals surface area (Å²) in [6.45, 7) is 4.99. The van der Waals surface area contributed by atoms with E-state index < -0.39 is 12.1 Å². The first kappa shape index (κ1) is 85.1. The number of amides is 1. The van der Waals surface area contributed by atoms with E-state index in [1.165, 1.54) is 360 Å². The third-order valence-electron chi connectivity index (χ3n) is 18.7. The third kappa shape index (κ3) is 73.0. The molecule has 0 aromatic carbocycles. The topological polar surface area (TPSA) is 95.9 Å². The molecular weight excluding hydrogens is 1070 g/mol. The zero-order valence-electron chi connectivity index (χ0n) is 59.0. The molecule has 0 spiro atoms. The van der Waals surface area contributed by atoms with Gasteiger partial charge in [0.2, 0.25) is 5.91 Å². The highest BCUT2D eigenvalue weighted by molar-refractivity contribution is 5.76. The summed E-state index contributed by atoms with van der Waals surface area (Å²) in [7, 11) is 0. The molecule has 0 aliphatic rings. The first-order chi connectivity index (χ1) is 43.0. The molecule has 0 radical (unpaired) electrons. The van der Waals surface area contributed by atoms with E-state index in [2.05, 4.69) is 55.6 Å². The number of allylic oxidation sites excluding steroid dienone is 6. The summed E-state index contributed by atoms with van der Waals surface area (Å²) in [6, 6.07) is -0.540. The number of rotatable bonds is 75. The lowest BCUT2D eigenvalue weighted by Crippen LogP contribution is -2.45. The Morgan fingerprint density at radius 3 is 0.885 bits per heavy atom. The largest absolute Gasteiger partial charge is 0.466 e. The van der Waals surface area contributed by atoms with Crippen LogP contribution in [-0.4, -0.2) is 47.4 Å². The van der Waals surface area contributed by atoms with Crippen LogP contribution in [0.1, 0.15) is 444 Å². The van der Waals surface area contributed by atoms with Crippen molar-refractivity contribution in [2.45, 2.75) is 456 Å². The fraction of sp³-hybridized carbons (Fsp3) is 0.901. The van der Waals surface area contributed by atoms with Crippen LogP contribution in [0.5, 0.6) is 0 Å². The molecule has 0 aliphatic carbocycles. The van der Waals surface area contributed by atoms with E-state index in [0.717, 1.165) is 51.4 Å². The highest BCUT2D eigenvalue weighted by Crippen LogP contribution is 2.20. The molecule has 2 unspecified atom stereocenters. The monoisotopic (exact) mass is 1220 g/mol. The Kier molecular flexibility index (Phi) is 74.8. The van der Waals surface area contributed by atoms with Gasteiger partial charge in [-0.05, 0) is 83.5 Å². The lowest BCUT2D eigenvalue weighted by atomic mass is 10.0. The van der Waals surface area contributed by atoms with Crippen molar-refractivity contribution in [1.29, 1.82) is 0 Å². The van der Waals surface area contributed by atoms with Gasteiger partial charge in [-0.3, -0.25) is 9.59 Å². The molecule has 0 saturated heterocycles. The second kappa shape index (κ2) is 76.5. The summed E-state index contributed by atoms with van der Waals surface area (Å²) >= 11 is 0. The van der Waals surface area contributed by atoms with Crippen molar-refractivity contribution in [2.75, 3.05) is 13.2 Å². The molecule has 0 rings (SSSR count). The van der Waals surface area contributed by atoms with E-state index in [1.807, 2.05) is 0 Å². The van der Waals surface area contributed by atoms with Crippen molar-refractivity contribution >= 4 is 11.9 Å². The van der Waals surface area contributed by atoms with Gasteiger partial charge in [0.15, 0.2) is 0 Å². The molecule has 0 bridgehead atoms. The predicted octanol–water partition coefficient (Wildman–Crippen LogP) is 26.2. The van der Waals surface area contributed by atoms with Gasteiger partial charge >= 0.3 is 5.97 Å². The van der Waals surface area contributed by atoms with Gasteiger partial charge in [0.1, 0.15) is 0 Å². The zero-order valence-corrected chi connectivity index (χ0v) is 59.0. The Morgan fingerprint density at radius 1 is 0.322 bits per heavy atom. The van der Waals surface area contributed by atoms with E-state index in [0.29, 0.717) is 25.9 Å². The van der Waals surface area contributed by atoms with Crippen LogP contribution in [0.15, 0.2) is 36.5 Å². The van der Waals surface area contributed by atoms with Crippen molar-refractivity contribution in [1.82, 2.24) is 5.32 Å². The van der Waals surface area contributed by atoms with Crippen molar-refractivity contribution in [3.05, 3.63) is 36.5 Å². The van der Waals surface area contributed by atoms with Crippen molar-refractivity contribution in [3.63, 3.8) is 0 Å². The van der Waals surface area contributed by atoms with Crippen LogP contribution in [0.2, 0.25) is 0 Å². The summed E-state index contributed by atoms with van der Waals surface area (Å²) in [5.41, 5.74) is 0. The molecular formula is C81H155NO5. The van der Waals surface area contributed by atoms with Crippen LogP contribution >= 0.6 is 0 Å². The lowest BCUT2D eigenvalue weighted by Gasteiger charge is -2.22. The summed E-state index contributed by atoms with van der Waals surface area (Å²) in [6.07, 6.45) is 99.5. The van der Waals surface area contributed by atoms with Crippen LogP contribution in [0.3, 0.4) is 0 Å². The Bertz CT molecular complexity index is 1410. The fourth-order valence-corrected chi connectivity index (χ4v) is 12.6. The molecule has 2 atom stereocenters. The normalized spacial score (nSPS) is 12.6. The van der Waals surface area contributed by atoms with E-state index in [-0.39, 0.29) is 18.5 Å². The maximum atomic E-state index is 12.5. The fourth-order valence-electron chi connectivity index (χ4n) is 12.6. The van der Waals surface area contributed by atoms with Crippen LogP contribution < -0.4 is 5.32 Å². The standard InChI is InChI=1S/C81H155NO5/c1-3-5-7-9-11-13-15-17-19-21-43-47-51-55-59-63-67-71-75-81(86)87-76-72-68-64-60-56-52-48-44-40-38-36-34-32-30-28-26-24-22-23-25-27-29-31-33-35-37-39-42-46-50-54-58-62-66-70-74-80(85)82-78(77-83)79(84)73-69-65-61-57-53-49-45-41-20-18-16-14-12-10-8-6-4-2/h19,21,24,26,30,32,78-79,83-84H,3-18,20,22-23,25,27-29,31,33-77H2,1-2H3,(H,82,85)/b21-19-,26-24-,32-30-. The van der Waals surface area contributed by atoms with Gasteiger partial charge in [0.25, 0.3) is 0 Å². The molecule has 1 amide bonds. The lowest BCUT2D eigenvalue weighted by molar-refractivity contribution is -0.143. The molecule has 3 N–H and O–H groups in total. The molecule has 0 heterocycles. The number of carbonyl (C=O) groups excluding carboxylic acids is 2. The number of hydrogen-bond acceptors (Lipinski definition) is 5. The SMILES string of the molecule is CCCCCCCCC/C=C\CCCCCCCCCC(=O)OCCCCCCCCCCCCC/C=C\C/C=C\CCCCCCCCCCCCCCCCCCCC(=O)NC(CO)C(O)CCCCCCCCCCCCCCCCCCC. The molecule has 0 fully saturated rings. The van der Waals surface area contributed by atoms with Gasteiger partial charge in [-0.2, -0.15) is 0 Å². The van der Waals surface area contributed by atoms with Gasteiger partial charge in [-0.1, -0.05) is 384 Å². The van der Waals surface area contributed by atoms with Crippen LogP contribution in [0.4, 0.5) is 0 Å². The number of ether oxygens (including phenoxy) is 1. The Balaban J connectivity index is 3.36. The molecule has 87 heavy (non-hydrogen) atoms. The van der Waals surface area contributed by atoms with Gasteiger partial charge < -0.3 is 20.3 Å². The average molecular weight is 1220 g/mol. The first-order valence-corrected chi connectivity index (χ1v) is 39.7. The number of nitrogens with one attached hydrogen (secondary N) is 1. The maximum absolute atomic E-state index is 12.5. The van der Waals surface area contributed by atoms with Crippen LogP contribution in [0, 0.1) is 0 Å². The summed E-state index contributed by atoms with van der Waals surface area (Å²) in [4.78, 5) is 24.7. The number of esters is 1. The summed E-state index contributed by atoms with van der Waals surface area (Å²) < 4.78 is 5.51. The zero-order chi connectivity index (χ0) is 62.8. The molecule has 0 aromatic heterocycles. The van der Waals surface area contributed by atoms with Gasteiger partial charge in [-0.25, -0.2) is 0 Å². The molecule has 0 saturated carbocycles. The summed E-state index contributed by atoms with van der Waals surface area (Å²) in [5, 5.41) is 23.4. The minimum Gasteiger partial charge on any atom is -0.466 e. The Morgan fingerprint density at radius 2 is 0.575 bits per heavy atom. The molecule has 514 valence electrons.